The lowest BCUT2D eigenvalue weighted by atomic mass is 9.94. The van der Waals surface area contributed by atoms with Gasteiger partial charge in [-0.1, -0.05) is 21.9 Å². The Balaban J connectivity index is 2.08. The number of benzene rings is 1. The average Bonchev–Trinajstić information content (AvgIpc) is 2.76. The van der Waals surface area contributed by atoms with Crippen LogP contribution in [0.4, 0.5) is 0 Å². The molecule has 1 fully saturated rings. The molecule has 0 bridgehead atoms. The fourth-order valence-corrected chi connectivity index (χ4v) is 2.72. The van der Waals surface area contributed by atoms with Crippen LogP contribution in [0.25, 0.3) is 0 Å². The highest BCUT2D eigenvalue weighted by Gasteiger charge is 2.36. The van der Waals surface area contributed by atoms with Crippen LogP contribution in [0.2, 0.25) is 0 Å². The molecule has 1 saturated heterocycles. The minimum Gasteiger partial charge on any atom is -0.481 e. The van der Waals surface area contributed by atoms with Crippen LogP contribution in [-0.2, 0) is 11.3 Å². The number of ether oxygens (including phenoxy) is 2. The SMILES string of the molecule is C#CCOc1ccc(Br)cc1CNC1(C)CCOC1C. The van der Waals surface area contributed by atoms with E-state index < -0.39 is 0 Å². The minimum absolute atomic E-state index is 0.00566. The topological polar surface area (TPSA) is 30.5 Å². The molecule has 0 radical (unpaired) electrons. The normalized spacial score (nSPS) is 25.4. The summed E-state index contributed by atoms with van der Waals surface area (Å²) in [6.45, 7) is 6.12. The van der Waals surface area contributed by atoms with Crippen LogP contribution in [0.5, 0.6) is 5.75 Å². The standard InChI is InChI=1S/C16H20BrNO2/c1-4-8-20-15-6-5-14(17)10-13(15)11-18-16(3)7-9-19-12(16)2/h1,5-6,10,12,18H,7-9,11H2,2-3H3. The summed E-state index contributed by atoms with van der Waals surface area (Å²) >= 11 is 3.49. The van der Waals surface area contributed by atoms with Gasteiger partial charge >= 0.3 is 0 Å². The Labute approximate surface area is 129 Å². The zero-order valence-corrected chi connectivity index (χ0v) is 13.5. The van der Waals surface area contributed by atoms with Gasteiger partial charge in [-0.25, -0.2) is 0 Å². The largest absolute Gasteiger partial charge is 0.481 e. The van der Waals surface area contributed by atoms with Crippen molar-refractivity contribution in [3.05, 3.63) is 28.2 Å². The minimum atomic E-state index is 0.00566. The van der Waals surface area contributed by atoms with Crippen molar-refractivity contribution in [1.82, 2.24) is 5.32 Å². The van der Waals surface area contributed by atoms with Crippen molar-refractivity contribution in [2.75, 3.05) is 13.2 Å². The second-order valence-electron chi connectivity index (χ2n) is 5.28. The molecule has 1 aliphatic heterocycles. The molecule has 4 heteroatoms. The van der Waals surface area contributed by atoms with Gasteiger partial charge in [0.2, 0.25) is 0 Å². The molecular weight excluding hydrogens is 318 g/mol. The third kappa shape index (κ3) is 3.54. The second-order valence-corrected chi connectivity index (χ2v) is 6.19. The zero-order valence-electron chi connectivity index (χ0n) is 11.9. The Kier molecular flexibility index (Phi) is 5.09. The molecule has 0 spiro atoms. The Morgan fingerprint density at radius 1 is 1.60 bits per heavy atom. The molecule has 2 unspecified atom stereocenters. The lowest BCUT2D eigenvalue weighted by Gasteiger charge is -2.29. The predicted octanol–water partition coefficient (Wildman–Crippen LogP) is 3.12. The summed E-state index contributed by atoms with van der Waals surface area (Å²) in [6, 6.07) is 5.95. The van der Waals surface area contributed by atoms with Gasteiger partial charge in [-0.05, 0) is 38.5 Å². The lowest BCUT2D eigenvalue weighted by molar-refractivity contribution is 0.0880. The molecule has 20 heavy (non-hydrogen) atoms. The van der Waals surface area contributed by atoms with E-state index in [0.717, 1.165) is 35.4 Å². The van der Waals surface area contributed by atoms with Crippen LogP contribution in [0.1, 0.15) is 25.8 Å². The molecule has 1 heterocycles. The number of hydrogen-bond acceptors (Lipinski definition) is 3. The fraction of sp³-hybridized carbons (Fsp3) is 0.500. The Bertz CT molecular complexity index is 512. The van der Waals surface area contributed by atoms with Crippen LogP contribution < -0.4 is 10.1 Å². The quantitative estimate of drug-likeness (QED) is 0.837. The van der Waals surface area contributed by atoms with E-state index in [-0.39, 0.29) is 18.2 Å². The maximum absolute atomic E-state index is 5.65. The van der Waals surface area contributed by atoms with Gasteiger partial charge in [0, 0.05) is 28.7 Å². The molecule has 0 aromatic heterocycles. The number of rotatable bonds is 5. The van der Waals surface area contributed by atoms with E-state index in [1.165, 1.54) is 0 Å². The van der Waals surface area contributed by atoms with E-state index in [2.05, 4.69) is 47.1 Å². The van der Waals surface area contributed by atoms with E-state index >= 15 is 0 Å². The Morgan fingerprint density at radius 3 is 3.05 bits per heavy atom. The van der Waals surface area contributed by atoms with Crippen molar-refractivity contribution in [2.45, 2.75) is 38.5 Å². The van der Waals surface area contributed by atoms with E-state index in [4.69, 9.17) is 15.9 Å². The molecule has 1 aromatic rings. The highest BCUT2D eigenvalue weighted by Crippen LogP contribution is 2.28. The molecule has 2 rings (SSSR count). The molecule has 0 saturated carbocycles. The Morgan fingerprint density at radius 2 is 2.40 bits per heavy atom. The summed E-state index contributed by atoms with van der Waals surface area (Å²) in [4.78, 5) is 0. The zero-order chi connectivity index (χ0) is 14.6. The first-order chi connectivity index (χ1) is 9.55. The van der Waals surface area contributed by atoms with E-state index in [0.29, 0.717) is 0 Å². The van der Waals surface area contributed by atoms with Crippen molar-refractivity contribution in [3.8, 4) is 18.1 Å². The summed E-state index contributed by atoms with van der Waals surface area (Å²) < 4.78 is 12.3. The third-order valence-electron chi connectivity index (χ3n) is 3.90. The maximum Gasteiger partial charge on any atom is 0.148 e. The van der Waals surface area contributed by atoms with Gasteiger partial charge in [-0.15, -0.1) is 6.42 Å². The van der Waals surface area contributed by atoms with E-state index in [1.807, 2.05) is 12.1 Å². The van der Waals surface area contributed by atoms with Crippen molar-refractivity contribution in [2.24, 2.45) is 0 Å². The molecule has 0 aliphatic carbocycles. The summed E-state index contributed by atoms with van der Waals surface area (Å²) in [5, 5.41) is 3.59. The van der Waals surface area contributed by atoms with Crippen LogP contribution in [0, 0.1) is 12.3 Å². The van der Waals surface area contributed by atoms with E-state index in [9.17, 15) is 0 Å². The highest BCUT2D eigenvalue weighted by atomic mass is 79.9. The molecule has 3 nitrogen and oxygen atoms in total. The molecule has 1 aromatic carbocycles. The van der Waals surface area contributed by atoms with Gasteiger partial charge in [0.15, 0.2) is 0 Å². The second kappa shape index (κ2) is 6.62. The third-order valence-corrected chi connectivity index (χ3v) is 4.40. The lowest BCUT2D eigenvalue weighted by Crippen LogP contribution is -2.47. The monoisotopic (exact) mass is 337 g/mol. The molecule has 108 valence electrons. The highest BCUT2D eigenvalue weighted by molar-refractivity contribution is 9.10. The maximum atomic E-state index is 5.65. The van der Waals surface area contributed by atoms with Gasteiger partial charge in [-0.3, -0.25) is 0 Å². The van der Waals surface area contributed by atoms with Crippen molar-refractivity contribution < 1.29 is 9.47 Å². The van der Waals surface area contributed by atoms with Crippen molar-refractivity contribution >= 4 is 15.9 Å². The molecule has 2 atom stereocenters. The van der Waals surface area contributed by atoms with Gasteiger partial charge in [-0.2, -0.15) is 0 Å². The van der Waals surface area contributed by atoms with Crippen molar-refractivity contribution in [1.29, 1.82) is 0 Å². The Hall–Kier alpha value is -1.02. The summed E-state index contributed by atoms with van der Waals surface area (Å²) in [7, 11) is 0. The summed E-state index contributed by atoms with van der Waals surface area (Å²) in [5.74, 6) is 3.32. The predicted molar refractivity (Wildman–Crippen MR) is 83.7 cm³/mol. The van der Waals surface area contributed by atoms with Gasteiger partial charge in [0.05, 0.1) is 6.10 Å². The average molecular weight is 338 g/mol. The number of halogens is 1. The van der Waals surface area contributed by atoms with Gasteiger partial charge in [0.1, 0.15) is 12.4 Å². The molecule has 1 aliphatic rings. The first-order valence-corrected chi connectivity index (χ1v) is 7.56. The molecular formula is C16H20BrNO2. The van der Waals surface area contributed by atoms with Crippen LogP contribution in [0.3, 0.4) is 0 Å². The number of terminal acetylenes is 1. The smallest absolute Gasteiger partial charge is 0.148 e. The molecule has 0 amide bonds. The first kappa shape index (κ1) is 15.4. The van der Waals surface area contributed by atoms with Crippen molar-refractivity contribution in [3.63, 3.8) is 0 Å². The van der Waals surface area contributed by atoms with Gasteiger partial charge < -0.3 is 14.8 Å². The summed E-state index contributed by atoms with van der Waals surface area (Å²) in [5.41, 5.74) is 1.10. The van der Waals surface area contributed by atoms with E-state index in [1.54, 1.807) is 0 Å². The van der Waals surface area contributed by atoms with Gasteiger partial charge in [0.25, 0.3) is 0 Å². The first-order valence-electron chi connectivity index (χ1n) is 6.76. The number of hydrogen-bond donors (Lipinski definition) is 1. The fourth-order valence-electron chi connectivity index (χ4n) is 2.31. The van der Waals surface area contributed by atoms with Crippen LogP contribution in [0.15, 0.2) is 22.7 Å². The molecule has 1 N–H and O–H groups in total. The summed E-state index contributed by atoms with van der Waals surface area (Å²) in [6.07, 6.45) is 6.48. The number of nitrogens with one attached hydrogen (secondary N) is 1. The van der Waals surface area contributed by atoms with Crippen LogP contribution in [-0.4, -0.2) is 24.9 Å². The van der Waals surface area contributed by atoms with Crippen LogP contribution >= 0.6 is 15.9 Å².